The van der Waals surface area contributed by atoms with Gasteiger partial charge in [0.05, 0.1) is 12.6 Å². The zero-order chi connectivity index (χ0) is 7.28. The molecule has 0 aromatic heterocycles. The smallest absolute Gasteiger partial charge is 0.234 e. The first-order valence-corrected chi connectivity index (χ1v) is 2.64. The molecule has 0 aliphatic carbocycles. The summed E-state index contributed by atoms with van der Waals surface area (Å²) in [5.41, 5.74) is 4.91. The maximum Gasteiger partial charge on any atom is 0.234 e. The fourth-order valence-corrected chi connectivity index (χ4v) is 0.313. The maximum atomic E-state index is 10.3. The van der Waals surface area contributed by atoms with Crippen LogP contribution >= 0.6 is 0 Å². The van der Waals surface area contributed by atoms with Crippen LogP contribution in [0.2, 0.25) is 0 Å². The molecule has 0 aromatic carbocycles. The van der Waals surface area contributed by atoms with Crippen molar-refractivity contribution in [3.63, 3.8) is 0 Å². The predicted molar refractivity (Wildman–Crippen MR) is 35.5 cm³/mol. The predicted octanol–water partition coefficient (Wildman–Crippen LogP) is -0.917. The molecule has 0 fully saturated rings. The van der Waals surface area contributed by atoms with Crippen molar-refractivity contribution in [1.82, 2.24) is 5.32 Å². The topological polar surface area (TPSA) is 55.1 Å². The van der Waals surface area contributed by atoms with E-state index in [0.717, 1.165) is 0 Å². The molecule has 9 heavy (non-hydrogen) atoms. The van der Waals surface area contributed by atoms with E-state index in [-0.39, 0.29) is 11.9 Å². The fourth-order valence-electron chi connectivity index (χ4n) is 0.313. The molecule has 50 valence electrons. The molecule has 3 nitrogen and oxygen atoms in total. The minimum Gasteiger partial charge on any atom is -0.368 e. The van der Waals surface area contributed by atoms with Crippen molar-refractivity contribution < 1.29 is 4.79 Å². The molecule has 1 unspecified atom stereocenters. The zero-order valence-electron chi connectivity index (χ0n) is 5.35. The second kappa shape index (κ2) is 3.93. The Bertz CT molecular complexity index is 136. The minimum atomic E-state index is -0.384. The SMILES string of the molecule is C#CCNC(C)C(N)=O. The van der Waals surface area contributed by atoms with Crippen molar-refractivity contribution in [2.75, 3.05) is 6.54 Å². The Morgan fingerprint density at radius 2 is 2.56 bits per heavy atom. The Balaban J connectivity index is 3.41. The van der Waals surface area contributed by atoms with Crippen LogP contribution in [0.3, 0.4) is 0 Å². The summed E-state index contributed by atoms with van der Waals surface area (Å²) in [6.07, 6.45) is 4.91. The molecule has 0 saturated carbocycles. The lowest BCUT2D eigenvalue weighted by molar-refractivity contribution is -0.119. The van der Waals surface area contributed by atoms with E-state index in [1.807, 2.05) is 0 Å². The first-order valence-electron chi connectivity index (χ1n) is 2.64. The first kappa shape index (κ1) is 7.99. The summed E-state index contributed by atoms with van der Waals surface area (Å²) in [6, 6.07) is -0.332. The van der Waals surface area contributed by atoms with Gasteiger partial charge in [0.2, 0.25) is 5.91 Å². The molecule has 0 radical (unpaired) electrons. The lowest BCUT2D eigenvalue weighted by Crippen LogP contribution is -2.38. The monoisotopic (exact) mass is 126 g/mol. The second-order valence-electron chi connectivity index (χ2n) is 1.71. The van der Waals surface area contributed by atoms with E-state index in [0.29, 0.717) is 6.54 Å². The molecule has 0 aliphatic heterocycles. The molecule has 0 aliphatic rings. The summed E-state index contributed by atoms with van der Waals surface area (Å²) >= 11 is 0. The molecule has 0 saturated heterocycles. The van der Waals surface area contributed by atoms with Crippen LogP contribution in [0.1, 0.15) is 6.92 Å². The number of terminal acetylenes is 1. The van der Waals surface area contributed by atoms with Gasteiger partial charge in [-0.25, -0.2) is 0 Å². The fraction of sp³-hybridized carbons (Fsp3) is 0.500. The standard InChI is InChI=1S/C6H10N2O/c1-3-4-8-5(2)6(7)9/h1,5,8H,4H2,2H3,(H2,7,9). The first-order chi connectivity index (χ1) is 4.18. The van der Waals surface area contributed by atoms with Crippen LogP contribution in [0.5, 0.6) is 0 Å². The van der Waals surface area contributed by atoms with Gasteiger partial charge in [-0.1, -0.05) is 5.92 Å². The number of rotatable bonds is 3. The number of carbonyl (C=O) groups excluding carboxylic acids is 1. The molecule has 3 N–H and O–H groups in total. The summed E-state index contributed by atoms with van der Waals surface area (Å²) in [5, 5.41) is 2.72. The molecular weight excluding hydrogens is 116 g/mol. The Hall–Kier alpha value is -1.01. The Morgan fingerprint density at radius 3 is 2.89 bits per heavy atom. The van der Waals surface area contributed by atoms with Gasteiger partial charge in [-0.3, -0.25) is 10.1 Å². The molecule has 3 heteroatoms. The maximum absolute atomic E-state index is 10.3. The molecule has 1 amide bonds. The summed E-state index contributed by atoms with van der Waals surface area (Å²) in [4.78, 5) is 10.3. The molecule has 0 heterocycles. The van der Waals surface area contributed by atoms with Crippen LogP contribution in [-0.4, -0.2) is 18.5 Å². The van der Waals surface area contributed by atoms with E-state index < -0.39 is 0 Å². The molecule has 0 aromatic rings. The highest BCUT2D eigenvalue weighted by Crippen LogP contribution is 1.74. The number of primary amides is 1. The Morgan fingerprint density at radius 1 is 2.00 bits per heavy atom. The van der Waals surface area contributed by atoms with Crippen molar-refractivity contribution in [2.24, 2.45) is 5.73 Å². The summed E-state index contributed by atoms with van der Waals surface area (Å²) < 4.78 is 0. The van der Waals surface area contributed by atoms with Gasteiger partial charge in [0, 0.05) is 0 Å². The van der Waals surface area contributed by atoms with E-state index in [2.05, 4.69) is 11.2 Å². The Labute approximate surface area is 54.6 Å². The quantitative estimate of drug-likeness (QED) is 0.481. The third kappa shape index (κ3) is 3.56. The number of hydrogen-bond donors (Lipinski definition) is 2. The lowest BCUT2D eigenvalue weighted by atomic mass is 10.3. The van der Waals surface area contributed by atoms with Crippen LogP contribution in [0.15, 0.2) is 0 Å². The van der Waals surface area contributed by atoms with Crippen molar-refractivity contribution in [3.05, 3.63) is 0 Å². The van der Waals surface area contributed by atoms with E-state index >= 15 is 0 Å². The third-order valence-electron chi connectivity index (χ3n) is 0.937. The van der Waals surface area contributed by atoms with Gasteiger partial charge in [0.25, 0.3) is 0 Å². The van der Waals surface area contributed by atoms with Crippen LogP contribution in [-0.2, 0) is 4.79 Å². The van der Waals surface area contributed by atoms with Gasteiger partial charge >= 0.3 is 0 Å². The van der Waals surface area contributed by atoms with Crippen LogP contribution in [0.4, 0.5) is 0 Å². The number of amides is 1. The van der Waals surface area contributed by atoms with Crippen LogP contribution in [0, 0.1) is 12.3 Å². The molecule has 0 bridgehead atoms. The molecular formula is C6H10N2O. The number of carbonyl (C=O) groups is 1. The van der Waals surface area contributed by atoms with Gasteiger partial charge in [-0.2, -0.15) is 0 Å². The van der Waals surface area contributed by atoms with E-state index in [1.54, 1.807) is 6.92 Å². The highest BCUT2D eigenvalue weighted by Gasteiger charge is 2.04. The van der Waals surface area contributed by atoms with E-state index in [9.17, 15) is 4.79 Å². The van der Waals surface area contributed by atoms with Gasteiger partial charge < -0.3 is 5.73 Å². The second-order valence-corrected chi connectivity index (χ2v) is 1.71. The number of hydrogen-bond acceptors (Lipinski definition) is 2. The summed E-state index contributed by atoms with van der Waals surface area (Å²) in [6.45, 7) is 2.05. The van der Waals surface area contributed by atoms with Gasteiger partial charge in [0.15, 0.2) is 0 Å². The highest BCUT2D eigenvalue weighted by atomic mass is 16.1. The van der Waals surface area contributed by atoms with Crippen molar-refractivity contribution in [3.8, 4) is 12.3 Å². The average Bonchev–Trinajstić information content (AvgIpc) is 1.82. The Kier molecular flexibility index (Phi) is 3.49. The largest absolute Gasteiger partial charge is 0.368 e. The minimum absolute atomic E-state index is 0.332. The third-order valence-corrected chi connectivity index (χ3v) is 0.937. The van der Waals surface area contributed by atoms with Crippen molar-refractivity contribution in [2.45, 2.75) is 13.0 Å². The van der Waals surface area contributed by atoms with Gasteiger partial charge in [-0.15, -0.1) is 6.42 Å². The van der Waals surface area contributed by atoms with Crippen LogP contribution < -0.4 is 11.1 Å². The summed E-state index contributed by atoms with van der Waals surface area (Å²) in [7, 11) is 0. The molecule has 0 rings (SSSR count). The average molecular weight is 126 g/mol. The zero-order valence-corrected chi connectivity index (χ0v) is 5.35. The van der Waals surface area contributed by atoms with E-state index in [4.69, 9.17) is 12.2 Å². The summed E-state index contributed by atoms with van der Waals surface area (Å²) in [5.74, 6) is 1.95. The van der Waals surface area contributed by atoms with Crippen molar-refractivity contribution in [1.29, 1.82) is 0 Å². The lowest BCUT2D eigenvalue weighted by Gasteiger charge is -2.04. The normalized spacial score (nSPS) is 12.0. The molecule has 0 spiro atoms. The number of nitrogens with two attached hydrogens (primary N) is 1. The molecule has 1 atom stereocenters. The van der Waals surface area contributed by atoms with Crippen LogP contribution in [0.25, 0.3) is 0 Å². The van der Waals surface area contributed by atoms with Crippen molar-refractivity contribution >= 4 is 5.91 Å². The van der Waals surface area contributed by atoms with Gasteiger partial charge in [-0.05, 0) is 6.92 Å². The highest BCUT2D eigenvalue weighted by molar-refractivity contribution is 5.79. The number of nitrogens with one attached hydrogen (secondary N) is 1. The van der Waals surface area contributed by atoms with Gasteiger partial charge in [0.1, 0.15) is 0 Å². The van der Waals surface area contributed by atoms with E-state index in [1.165, 1.54) is 0 Å².